The number of hydrogen-bond donors (Lipinski definition) is 3. The number of carbonyl (C=O) groups excluding carboxylic acids is 1. The van der Waals surface area contributed by atoms with Gasteiger partial charge in [-0.1, -0.05) is 12.1 Å². The van der Waals surface area contributed by atoms with E-state index in [9.17, 15) is 37.0 Å². The number of alkyl halides is 3. The van der Waals surface area contributed by atoms with Gasteiger partial charge in [0.1, 0.15) is 17.1 Å². The summed E-state index contributed by atoms with van der Waals surface area (Å²) < 4.78 is 77.8. The predicted molar refractivity (Wildman–Crippen MR) is 111 cm³/mol. The summed E-state index contributed by atoms with van der Waals surface area (Å²) in [5.74, 6) is -4.86. The van der Waals surface area contributed by atoms with Gasteiger partial charge in [0.05, 0.1) is 18.3 Å². The number of carbonyl (C=O) groups is 1. The summed E-state index contributed by atoms with van der Waals surface area (Å²) in [6.07, 6.45) is -7.64. The largest absolute Gasteiger partial charge is 0.477 e. The van der Waals surface area contributed by atoms with Crippen LogP contribution in [0.1, 0.15) is 34.3 Å². The molecule has 0 unspecified atom stereocenters. The molecule has 0 bridgehead atoms. The van der Waals surface area contributed by atoms with E-state index in [1.807, 2.05) is 0 Å². The Morgan fingerprint density at radius 3 is 2.38 bits per heavy atom. The van der Waals surface area contributed by atoms with E-state index in [1.54, 1.807) is 0 Å². The molecule has 0 spiro atoms. The average Bonchev–Trinajstić information content (AvgIpc) is 3.15. The third-order valence-corrected chi connectivity index (χ3v) is 5.17. The summed E-state index contributed by atoms with van der Waals surface area (Å²) in [6, 6.07) is 5.64. The highest BCUT2D eigenvalue weighted by atomic mass is 79.9. The molecule has 7 nitrogen and oxygen atoms in total. The van der Waals surface area contributed by atoms with Crippen LogP contribution < -0.4 is 10.5 Å². The summed E-state index contributed by atoms with van der Waals surface area (Å²) in [5.41, 5.74) is 3.39. The van der Waals surface area contributed by atoms with Crippen molar-refractivity contribution < 1.29 is 46.1 Å². The van der Waals surface area contributed by atoms with E-state index in [0.29, 0.717) is 0 Å². The number of nitrogens with zero attached hydrogens (tertiary/aromatic N) is 1. The number of aliphatic hydroxyl groups excluding tert-OH is 2. The molecule has 0 aliphatic carbocycles. The van der Waals surface area contributed by atoms with Crippen molar-refractivity contribution in [1.29, 1.82) is 0 Å². The smallest absolute Gasteiger partial charge is 0.416 e. The highest BCUT2D eigenvalue weighted by Gasteiger charge is 2.31. The normalized spacial score (nSPS) is 13.5. The van der Waals surface area contributed by atoms with Crippen LogP contribution in [-0.2, 0) is 6.18 Å². The molecular weight excluding hydrogens is 535 g/mol. The number of aromatic nitrogens is 1. The molecule has 0 saturated carbocycles. The number of nitrogens with two attached hydrogens (primary N) is 1. The monoisotopic (exact) mass is 550 g/mol. The van der Waals surface area contributed by atoms with Crippen molar-refractivity contribution in [2.45, 2.75) is 24.8 Å². The molecule has 1 amide bonds. The second-order valence-corrected chi connectivity index (χ2v) is 7.75. The predicted octanol–water partition coefficient (Wildman–Crippen LogP) is 4.36. The Balaban J connectivity index is 1.98. The van der Waals surface area contributed by atoms with Crippen molar-refractivity contribution in [3.05, 3.63) is 69.7 Å². The number of aliphatic hydroxyl groups is 2. The van der Waals surface area contributed by atoms with Crippen LogP contribution in [0.5, 0.6) is 5.75 Å². The van der Waals surface area contributed by atoms with Crippen molar-refractivity contribution in [2.24, 2.45) is 5.73 Å². The molecule has 2 atom stereocenters. The first-order valence-corrected chi connectivity index (χ1v) is 10.3. The summed E-state index contributed by atoms with van der Waals surface area (Å²) in [5, 5.41) is 19.1. The van der Waals surface area contributed by atoms with Crippen LogP contribution in [0.2, 0.25) is 0 Å². The number of rotatable bonds is 8. The van der Waals surface area contributed by atoms with E-state index >= 15 is 0 Å². The molecule has 0 fully saturated rings. The van der Waals surface area contributed by atoms with Crippen molar-refractivity contribution in [2.75, 3.05) is 6.61 Å². The second kappa shape index (κ2) is 10.1. The SMILES string of the molecule is NC(=O)c1c(F)ccc(O[C@@H](C[C@H](O)CO)c2nc(-c3ccc(C(F)(F)F)cc3)c(Br)o2)c1F. The summed E-state index contributed by atoms with van der Waals surface area (Å²) in [4.78, 5) is 15.5. The van der Waals surface area contributed by atoms with Crippen molar-refractivity contribution in [1.82, 2.24) is 4.98 Å². The molecule has 1 heterocycles. The van der Waals surface area contributed by atoms with Gasteiger partial charge in [-0.2, -0.15) is 13.2 Å². The first-order chi connectivity index (χ1) is 15.9. The fourth-order valence-corrected chi connectivity index (χ4v) is 3.46. The number of oxazole rings is 1. The van der Waals surface area contributed by atoms with Crippen LogP contribution in [0.4, 0.5) is 22.0 Å². The van der Waals surface area contributed by atoms with Crippen LogP contribution >= 0.6 is 15.9 Å². The van der Waals surface area contributed by atoms with E-state index in [-0.39, 0.29) is 28.2 Å². The zero-order valence-electron chi connectivity index (χ0n) is 16.9. The van der Waals surface area contributed by atoms with Gasteiger partial charge in [-0.25, -0.2) is 13.8 Å². The average molecular weight is 551 g/mol. The van der Waals surface area contributed by atoms with E-state index in [2.05, 4.69) is 20.9 Å². The number of ether oxygens (including phenoxy) is 1. The van der Waals surface area contributed by atoms with Crippen LogP contribution in [-0.4, -0.2) is 33.8 Å². The minimum absolute atomic E-state index is 0.00764. The Morgan fingerprint density at radius 2 is 1.82 bits per heavy atom. The number of halogens is 6. The van der Waals surface area contributed by atoms with Crippen LogP contribution in [0.3, 0.4) is 0 Å². The zero-order chi connectivity index (χ0) is 25.2. The molecule has 0 radical (unpaired) electrons. The molecule has 34 heavy (non-hydrogen) atoms. The molecule has 1 aromatic heterocycles. The molecule has 4 N–H and O–H groups in total. The van der Waals surface area contributed by atoms with Crippen molar-refractivity contribution in [3.63, 3.8) is 0 Å². The fourth-order valence-electron chi connectivity index (χ4n) is 2.97. The van der Waals surface area contributed by atoms with Crippen LogP contribution in [0.25, 0.3) is 11.3 Å². The first kappa shape index (κ1) is 25.6. The lowest BCUT2D eigenvalue weighted by molar-refractivity contribution is -0.137. The number of primary amides is 1. The van der Waals surface area contributed by atoms with Crippen LogP contribution in [0, 0.1) is 11.6 Å². The Morgan fingerprint density at radius 1 is 1.18 bits per heavy atom. The Kier molecular flexibility index (Phi) is 7.58. The van der Waals surface area contributed by atoms with E-state index < -0.39 is 59.4 Å². The molecule has 3 rings (SSSR count). The lowest BCUT2D eigenvalue weighted by Gasteiger charge is -2.19. The van der Waals surface area contributed by atoms with E-state index in [4.69, 9.17) is 14.9 Å². The summed E-state index contributed by atoms with van der Waals surface area (Å²) in [7, 11) is 0. The van der Waals surface area contributed by atoms with Gasteiger partial charge < -0.3 is 25.1 Å². The topological polar surface area (TPSA) is 119 Å². The number of amides is 1. The second-order valence-electron chi connectivity index (χ2n) is 7.03. The molecule has 0 saturated heterocycles. The molecule has 0 aliphatic heterocycles. The fraction of sp³-hybridized carbons (Fsp3) is 0.238. The van der Waals surface area contributed by atoms with Crippen molar-refractivity contribution >= 4 is 21.8 Å². The standard InChI is InChI=1S/C21H16BrF5N2O5/c22-18-17(9-1-3-10(4-2-9)21(25,26)27)29-20(34-18)14(7-11(31)8-30)33-13-6-5-12(23)15(16(13)24)19(28)32/h1-6,11,14,30-31H,7-8H2,(H2,28,32)/t11-,14-/m0/s1. The maximum atomic E-state index is 14.6. The van der Waals surface area contributed by atoms with Gasteiger partial charge in [-0.3, -0.25) is 4.79 Å². The molecule has 2 aromatic carbocycles. The van der Waals surface area contributed by atoms with Gasteiger partial charge in [0.2, 0.25) is 5.89 Å². The molecule has 0 aliphatic rings. The third kappa shape index (κ3) is 5.54. The van der Waals surface area contributed by atoms with Gasteiger partial charge in [-0.05, 0) is 40.2 Å². The van der Waals surface area contributed by atoms with Gasteiger partial charge in [-0.15, -0.1) is 0 Å². The van der Waals surface area contributed by atoms with E-state index in [0.717, 1.165) is 36.4 Å². The van der Waals surface area contributed by atoms with E-state index in [1.165, 1.54) is 0 Å². The minimum atomic E-state index is -4.53. The lowest BCUT2D eigenvalue weighted by Crippen LogP contribution is -2.21. The third-order valence-electron chi connectivity index (χ3n) is 4.63. The summed E-state index contributed by atoms with van der Waals surface area (Å²) >= 11 is 3.10. The van der Waals surface area contributed by atoms with Gasteiger partial charge in [0.15, 0.2) is 22.3 Å². The molecule has 13 heteroatoms. The van der Waals surface area contributed by atoms with Gasteiger partial charge >= 0.3 is 6.18 Å². The maximum Gasteiger partial charge on any atom is 0.416 e. The Bertz CT molecular complexity index is 1180. The van der Waals surface area contributed by atoms with Crippen molar-refractivity contribution in [3.8, 4) is 17.0 Å². The lowest BCUT2D eigenvalue weighted by atomic mass is 10.1. The van der Waals surface area contributed by atoms with Crippen LogP contribution in [0.15, 0.2) is 45.5 Å². The highest BCUT2D eigenvalue weighted by molar-refractivity contribution is 9.10. The molecule has 182 valence electrons. The molecular formula is C21H16BrF5N2O5. The first-order valence-electron chi connectivity index (χ1n) is 9.49. The maximum absolute atomic E-state index is 14.6. The Labute approximate surface area is 197 Å². The highest BCUT2D eigenvalue weighted by Crippen LogP contribution is 2.36. The number of benzene rings is 2. The number of hydrogen-bond acceptors (Lipinski definition) is 6. The quantitative estimate of drug-likeness (QED) is 0.358. The Hall–Kier alpha value is -3.03. The van der Waals surface area contributed by atoms with Gasteiger partial charge in [0.25, 0.3) is 5.91 Å². The zero-order valence-corrected chi connectivity index (χ0v) is 18.5. The minimum Gasteiger partial charge on any atom is -0.477 e. The van der Waals surface area contributed by atoms with Gasteiger partial charge in [0, 0.05) is 12.0 Å². The summed E-state index contributed by atoms with van der Waals surface area (Å²) in [6.45, 7) is -0.702. The molecule has 3 aromatic rings.